The fourth-order valence-electron chi connectivity index (χ4n) is 1.94. The lowest BCUT2D eigenvalue weighted by atomic mass is 9.94. The van der Waals surface area contributed by atoms with E-state index in [9.17, 15) is 4.79 Å². The highest BCUT2D eigenvalue weighted by atomic mass is 16.5. The van der Waals surface area contributed by atoms with Gasteiger partial charge < -0.3 is 10.5 Å². The van der Waals surface area contributed by atoms with E-state index in [0.29, 0.717) is 13.0 Å². The molecule has 0 aliphatic heterocycles. The van der Waals surface area contributed by atoms with Crippen molar-refractivity contribution in [3.63, 3.8) is 0 Å². The molecule has 0 radical (unpaired) electrons. The molecular formula is C14H21NO2. The molecule has 1 aromatic rings. The first-order valence-corrected chi connectivity index (χ1v) is 6.07. The van der Waals surface area contributed by atoms with Crippen LogP contribution in [-0.4, -0.2) is 19.4 Å². The van der Waals surface area contributed by atoms with Gasteiger partial charge in [0.25, 0.3) is 0 Å². The molecule has 1 atom stereocenters. The number of nitrogens with two attached hydrogens (primary N) is 1. The van der Waals surface area contributed by atoms with Gasteiger partial charge in [0.05, 0.1) is 7.11 Å². The summed E-state index contributed by atoms with van der Waals surface area (Å²) < 4.78 is 5.24. The van der Waals surface area contributed by atoms with Crippen molar-refractivity contribution in [2.75, 3.05) is 13.7 Å². The van der Waals surface area contributed by atoms with E-state index in [4.69, 9.17) is 10.5 Å². The van der Waals surface area contributed by atoms with Crippen molar-refractivity contribution in [2.24, 2.45) is 11.7 Å². The number of hydrogen-bond acceptors (Lipinski definition) is 3. The van der Waals surface area contributed by atoms with Crippen molar-refractivity contribution in [3.05, 3.63) is 29.8 Å². The van der Waals surface area contributed by atoms with Gasteiger partial charge in [-0.25, -0.2) is 0 Å². The summed E-state index contributed by atoms with van der Waals surface area (Å²) in [5.74, 6) is 0.955. The standard InChI is InChI=1S/C14H21NO2/c1-3-6-12(10-15)13(16)9-11-7-4-5-8-14(11)17-2/h4-5,7-8,12H,3,6,9-10,15H2,1-2H3. The summed E-state index contributed by atoms with van der Waals surface area (Å²) >= 11 is 0. The molecule has 3 heteroatoms. The van der Waals surface area contributed by atoms with E-state index < -0.39 is 0 Å². The SMILES string of the molecule is CCCC(CN)C(=O)Cc1ccccc1OC. The molecule has 0 aromatic heterocycles. The molecule has 94 valence electrons. The van der Waals surface area contributed by atoms with Crippen LogP contribution in [0.1, 0.15) is 25.3 Å². The van der Waals surface area contributed by atoms with Crippen LogP contribution in [0.3, 0.4) is 0 Å². The Balaban J connectivity index is 2.72. The number of benzene rings is 1. The Morgan fingerprint density at radius 2 is 2.12 bits per heavy atom. The number of hydrogen-bond donors (Lipinski definition) is 1. The largest absolute Gasteiger partial charge is 0.496 e. The van der Waals surface area contributed by atoms with Crippen LogP contribution in [0.2, 0.25) is 0 Å². The molecule has 0 aliphatic carbocycles. The molecule has 1 aromatic carbocycles. The van der Waals surface area contributed by atoms with Gasteiger partial charge in [-0.05, 0) is 12.5 Å². The number of Topliss-reactive ketones (excluding diaryl/α,β-unsaturated/α-hetero) is 1. The highest BCUT2D eigenvalue weighted by Gasteiger charge is 2.17. The first-order chi connectivity index (χ1) is 8.22. The molecule has 0 aliphatic rings. The van der Waals surface area contributed by atoms with E-state index in [1.54, 1.807) is 7.11 Å². The van der Waals surface area contributed by atoms with Crippen molar-refractivity contribution in [1.82, 2.24) is 0 Å². The Morgan fingerprint density at radius 3 is 2.71 bits per heavy atom. The zero-order valence-corrected chi connectivity index (χ0v) is 10.6. The maximum Gasteiger partial charge on any atom is 0.141 e. The number of rotatable bonds is 7. The predicted molar refractivity (Wildman–Crippen MR) is 69.2 cm³/mol. The molecular weight excluding hydrogens is 214 g/mol. The molecule has 3 nitrogen and oxygen atoms in total. The number of methoxy groups -OCH3 is 1. The lowest BCUT2D eigenvalue weighted by molar-refractivity contribution is -0.122. The maximum atomic E-state index is 12.1. The fraction of sp³-hybridized carbons (Fsp3) is 0.500. The van der Waals surface area contributed by atoms with Crippen LogP contribution in [-0.2, 0) is 11.2 Å². The van der Waals surface area contributed by atoms with Gasteiger partial charge in [0.15, 0.2) is 0 Å². The molecule has 1 unspecified atom stereocenters. The second-order valence-electron chi connectivity index (χ2n) is 4.18. The molecule has 0 saturated heterocycles. The molecule has 1 rings (SSSR count). The molecule has 2 N–H and O–H groups in total. The minimum Gasteiger partial charge on any atom is -0.496 e. The average molecular weight is 235 g/mol. The van der Waals surface area contributed by atoms with Gasteiger partial charge in [-0.3, -0.25) is 4.79 Å². The lowest BCUT2D eigenvalue weighted by Gasteiger charge is -2.13. The van der Waals surface area contributed by atoms with Crippen molar-refractivity contribution in [2.45, 2.75) is 26.2 Å². The van der Waals surface area contributed by atoms with Gasteiger partial charge in [-0.2, -0.15) is 0 Å². The van der Waals surface area contributed by atoms with Crippen molar-refractivity contribution in [1.29, 1.82) is 0 Å². The summed E-state index contributed by atoms with van der Waals surface area (Å²) in [6.45, 7) is 2.50. The zero-order valence-electron chi connectivity index (χ0n) is 10.6. The minimum absolute atomic E-state index is 0.0232. The van der Waals surface area contributed by atoms with Crippen LogP contribution in [0.4, 0.5) is 0 Å². The second-order valence-corrected chi connectivity index (χ2v) is 4.18. The van der Waals surface area contributed by atoms with Crippen LogP contribution in [0.5, 0.6) is 5.75 Å². The van der Waals surface area contributed by atoms with Gasteiger partial charge in [-0.15, -0.1) is 0 Å². The highest BCUT2D eigenvalue weighted by Crippen LogP contribution is 2.20. The van der Waals surface area contributed by atoms with Crippen molar-refractivity contribution in [3.8, 4) is 5.75 Å². The topological polar surface area (TPSA) is 52.3 Å². The molecule has 17 heavy (non-hydrogen) atoms. The van der Waals surface area contributed by atoms with Gasteiger partial charge in [-0.1, -0.05) is 31.5 Å². The van der Waals surface area contributed by atoms with Crippen LogP contribution in [0, 0.1) is 5.92 Å². The van der Waals surface area contributed by atoms with E-state index in [1.807, 2.05) is 24.3 Å². The maximum absolute atomic E-state index is 12.1. The number of ketones is 1. The molecule has 0 heterocycles. The van der Waals surface area contributed by atoms with Crippen LogP contribution >= 0.6 is 0 Å². The fourth-order valence-corrected chi connectivity index (χ4v) is 1.94. The molecule has 0 amide bonds. The number of ether oxygens (including phenoxy) is 1. The van der Waals surface area contributed by atoms with E-state index in [1.165, 1.54) is 0 Å². The number of carbonyl (C=O) groups is 1. The van der Waals surface area contributed by atoms with Gasteiger partial charge in [0, 0.05) is 24.4 Å². The number of para-hydroxylation sites is 1. The Labute approximate surface area is 103 Å². The summed E-state index contributed by atoms with van der Waals surface area (Å²) in [6.07, 6.45) is 2.26. The second kappa shape index (κ2) is 7.07. The third-order valence-corrected chi connectivity index (χ3v) is 2.93. The van der Waals surface area contributed by atoms with Gasteiger partial charge in [0.2, 0.25) is 0 Å². The molecule has 0 saturated carbocycles. The van der Waals surface area contributed by atoms with Crippen LogP contribution in [0.15, 0.2) is 24.3 Å². The summed E-state index contributed by atoms with van der Waals surface area (Å²) in [4.78, 5) is 12.1. The molecule has 0 spiro atoms. The Morgan fingerprint density at radius 1 is 1.41 bits per heavy atom. The van der Waals surface area contributed by atoms with Crippen molar-refractivity contribution >= 4 is 5.78 Å². The smallest absolute Gasteiger partial charge is 0.141 e. The minimum atomic E-state index is -0.0232. The molecule has 0 bridgehead atoms. The third-order valence-electron chi connectivity index (χ3n) is 2.93. The molecule has 0 fully saturated rings. The predicted octanol–water partition coefficient (Wildman–Crippen LogP) is 2.18. The summed E-state index contributed by atoms with van der Waals surface area (Å²) in [5.41, 5.74) is 6.57. The zero-order chi connectivity index (χ0) is 12.7. The van der Waals surface area contributed by atoms with Crippen LogP contribution in [0.25, 0.3) is 0 Å². The average Bonchev–Trinajstić information content (AvgIpc) is 2.36. The monoisotopic (exact) mass is 235 g/mol. The quantitative estimate of drug-likeness (QED) is 0.788. The van der Waals surface area contributed by atoms with E-state index in [2.05, 4.69) is 6.92 Å². The third kappa shape index (κ3) is 3.86. The number of carbonyl (C=O) groups excluding carboxylic acids is 1. The van der Waals surface area contributed by atoms with Gasteiger partial charge in [0.1, 0.15) is 11.5 Å². The summed E-state index contributed by atoms with van der Waals surface area (Å²) in [7, 11) is 1.62. The first kappa shape index (κ1) is 13.7. The lowest BCUT2D eigenvalue weighted by Crippen LogP contribution is -2.25. The Hall–Kier alpha value is -1.35. The highest BCUT2D eigenvalue weighted by molar-refractivity contribution is 5.84. The summed E-state index contributed by atoms with van der Waals surface area (Å²) in [5, 5.41) is 0. The summed E-state index contributed by atoms with van der Waals surface area (Å²) in [6, 6.07) is 7.62. The Kier molecular flexibility index (Phi) is 5.70. The van der Waals surface area contributed by atoms with E-state index in [0.717, 1.165) is 24.2 Å². The van der Waals surface area contributed by atoms with Gasteiger partial charge >= 0.3 is 0 Å². The van der Waals surface area contributed by atoms with Crippen molar-refractivity contribution < 1.29 is 9.53 Å². The Bertz CT molecular complexity index is 363. The van der Waals surface area contributed by atoms with E-state index in [-0.39, 0.29) is 11.7 Å². The van der Waals surface area contributed by atoms with Crippen LogP contribution < -0.4 is 10.5 Å². The van der Waals surface area contributed by atoms with E-state index >= 15 is 0 Å². The first-order valence-electron chi connectivity index (χ1n) is 6.07. The normalized spacial score (nSPS) is 12.2.